The van der Waals surface area contributed by atoms with Crippen molar-refractivity contribution in [1.82, 2.24) is 24.8 Å². The standard InChI is InChI=1S/C17H16ClN3O.C7H14N2O/c1-10(2)14-7-16(12-4-5-15(18)11(3)6-12)20-21-8-13(9-22)19-17(14)21;1-7(2)6(10)8-4-5-9(7)3/h4-10H,1-3H3;4-5H2,1-3H3,(H,8,10). The second-order valence-electron chi connectivity index (χ2n) is 8.89. The van der Waals surface area contributed by atoms with Crippen molar-refractivity contribution in [2.75, 3.05) is 20.1 Å². The molecule has 3 heterocycles. The molecule has 4 rings (SSSR count). The SMILES string of the molecule is CN1CCNC(=O)C1(C)C.Cc1cc(-c2cc(C(C)C)c3nc(C=O)cn3n2)ccc1Cl. The number of nitrogens with zero attached hydrogens (tertiary/aromatic N) is 4. The quantitative estimate of drug-likeness (QED) is 0.601. The van der Waals surface area contributed by atoms with E-state index in [0.717, 1.165) is 52.4 Å². The van der Waals surface area contributed by atoms with E-state index in [9.17, 15) is 9.59 Å². The molecule has 0 saturated carbocycles. The summed E-state index contributed by atoms with van der Waals surface area (Å²) in [5.41, 5.74) is 4.69. The smallest absolute Gasteiger partial charge is 0.239 e. The number of amides is 1. The van der Waals surface area contributed by atoms with Gasteiger partial charge in [0.05, 0.1) is 17.4 Å². The minimum Gasteiger partial charge on any atom is -0.353 e. The van der Waals surface area contributed by atoms with Crippen molar-refractivity contribution in [3.63, 3.8) is 0 Å². The Labute approximate surface area is 193 Å². The summed E-state index contributed by atoms with van der Waals surface area (Å²) in [5.74, 6) is 0.404. The summed E-state index contributed by atoms with van der Waals surface area (Å²) in [6, 6.07) is 7.87. The fraction of sp³-hybridized carbons (Fsp3) is 0.417. The van der Waals surface area contributed by atoms with Gasteiger partial charge in [-0.25, -0.2) is 9.50 Å². The molecule has 0 atom stereocenters. The van der Waals surface area contributed by atoms with E-state index in [0.29, 0.717) is 5.69 Å². The molecule has 0 bridgehead atoms. The van der Waals surface area contributed by atoms with E-state index in [-0.39, 0.29) is 17.4 Å². The maximum Gasteiger partial charge on any atom is 0.239 e. The van der Waals surface area contributed by atoms with E-state index in [4.69, 9.17) is 11.6 Å². The van der Waals surface area contributed by atoms with Gasteiger partial charge in [-0.2, -0.15) is 5.10 Å². The Kier molecular flexibility index (Phi) is 7.00. The molecule has 3 aromatic rings. The van der Waals surface area contributed by atoms with Crippen molar-refractivity contribution in [2.24, 2.45) is 0 Å². The summed E-state index contributed by atoms with van der Waals surface area (Å²) in [4.78, 5) is 28.5. The van der Waals surface area contributed by atoms with Crippen LogP contribution in [0.4, 0.5) is 0 Å². The van der Waals surface area contributed by atoms with Gasteiger partial charge in [0, 0.05) is 29.2 Å². The highest BCUT2D eigenvalue weighted by molar-refractivity contribution is 6.31. The number of hydrogen-bond acceptors (Lipinski definition) is 5. The van der Waals surface area contributed by atoms with Gasteiger partial charge in [-0.15, -0.1) is 0 Å². The van der Waals surface area contributed by atoms with Crippen LogP contribution in [0.25, 0.3) is 16.9 Å². The molecule has 8 heteroatoms. The number of imidazole rings is 1. The highest BCUT2D eigenvalue weighted by Gasteiger charge is 2.34. The number of rotatable bonds is 3. The average Bonchev–Trinajstić information content (AvgIpc) is 3.17. The summed E-state index contributed by atoms with van der Waals surface area (Å²) in [6.07, 6.45) is 2.39. The van der Waals surface area contributed by atoms with Crippen molar-refractivity contribution < 1.29 is 9.59 Å². The van der Waals surface area contributed by atoms with Gasteiger partial charge < -0.3 is 5.32 Å². The molecule has 32 heavy (non-hydrogen) atoms. The van der Waals surface area contributed by atoms with Gasteiger partial charge in [-0.05, 0) is 57.5 Å². The van der Waals surface area contributed by atoms with E-state index < -0.39 is 0 Å². The van der Waals surface area contributed by atoms with E-state index >= 15 is 0 Å². The maximum atomic E-state index is 11.2. The molecule has 0 radical (unpaired) electrons. The van der Waals surface area contributed by atoms with Crippen LogP contribution < -0.4 is 5.32 Å². The minimum atomic E-state index is -0.321. The highest BCUT2D eigenvalue weighted by atomic mass is 35.5. The van der Waals surface area contributed by atoms with Crippen LogP contribution in [0.15, 0.2) is 30.5 Å². The first-order chi connectivity index (χ1) is 15.0. The lowest BCUT2D eigenvalue weighted by atomic mass is 10.0. The van der Waals surface area contributed by atoms with Crippen molar-refractivity contribution in [3.8, 4) is 11.3 Å². The van der Waals surface area contributed by atoms with Crippen LogP contribution in [0, 0.1) is 6.92 Å². The first-order valence-electron chi connectivity index (χ1n) is 10.7. The molecule has 1 saturated heterocycles. The van der Waals surface area contributed by atoms with Gasteiger partial charge in [-0.3, -0.25) is 14.5 Å². The van der Waals surface area contributed by atoms with Crippen LogP contribution in [0.1, 0.15) is 55.2 Å². The monoisotopic (exact) mass is 455 g/mol. The van der Waals surface area contributed by atoms with Crippen LogP contribution in [0.3, 0.4) is 0 Å². The molecule has 0 unspecified atom stereocenters. The predicted molar refractivity (Wildman–Crippen MR) is 127 cm³/mol. The van der Waals surface area contributed by atoms with Crippen LogP contribution in [0.5, 0.6) is 0 Å². The topological polar surface area (TPSA) is 79.6 Å². The molecule has 1 aliphatic rings. The number of likely N-dealkylation sites (N-methyl/N-ethyl adjacent to an activating group) is 1. The number of fused-ring (bicyclic) bond motifs is 1. The predicted octanol–water partition coefficient (Wildman–Crippen LogP) is 4.12. The van der Waals surface area contributed by atoms with Crippen molar-refractivity contribution in [3.05, 3.63) is 52.3 Å². The summed E-state index contributed by atoms with van der Waals surface area (Å²) < 4.78 is 1.68. The lowest BCUT2D eigenvalue weighted by Crippen LogP contribution is -2.60. The van der Waals surface area contributed by atoms with Gasteiger partial charge in [0.2, 0.25) is 5.91 Å². The molecule has 1 fully saturated rings. The molecule has 2 aromatic heterocycles. The Morgan fingerprint density at radius 1 is 1.25 bits per heavy atom. The number of halogens is 1. The highest BCUT2D eigenvalue weighted by Crippen LogP contribution is 2.28. The van der Waals surface area contributed by atoms with Gasteiger partial charge in [0.25, 0.3) is 0 Å². The third-order valence-corrected chi connectivity index (χ3v) is 6.34. The number of aryl methyl sites for hydroxylation is 1. The van der Waals surface area contributed by atoms with Gasteiger partial charge >= 0.3 is 0 Å². The molecule has 7 nitrogen and oxygen atoms in total. The van der Waals surface area contributed by atoms with Crippen LogP contribution >= 0.6 is 11.6 Å². The molecule has 1 amide bonds. The molecule has 0 aliphatic carbocycles. The summed E-state index contributed by atoms with van der Waals surface area (Å²) >= 11 is 6.09. The number of hydrogen-bond donors (Lipinski definition) is 1. The Bertz CT molecular complexity index is 1150. The Morgan fingerprint density at radius 2 is 1.97 bits per heavy atom. The molecule has 1 N–H and O–H groups in total. The van der Waals surface area contributed by atoms with Crippen molar-refractivity contribution in [2.45, 2.75) is 46.1 Å². The lowest BCUT2D eigenvalue weighted by molar-refractivity contribution is -0.133. The molecular formula is C24H30ClN5O2. The van der Waals surface area contributed by atoms with E-state index in [1.165, 1.54) is 0 Å². The van der Waals surface area contributed by atoms with E-state index in [1.54, 1.807) is 10.7 Å². The molecule has 1 aliphatic heterocycles. The van der Waals surface area contributed by atoms with E-state index in [2.05, 4.69) is 34.1 Å². The summed E-state index contributed by atoms with van der Waals surface area (Å²) in [7, 11) is 1.97. The molecule has 1 aromatic carbocycles. The molecular weight excluding hydrogens is 426 g/mol. The van der Waals surface area contributed by atoms with Crippen molar-refractivity contribution >= 4 is 29.4 Å². The Morgan fingerprint density at radius 3 is 2.53 bits per heavy atom. The van der Waals surface area contributed by atoms with Crippen LogP contribution in [-0.2, 0) is 4.79 Å². The van der Waals surface area contributed by atoms with Gasteiger partial charge in [0.1, 0.15) is 5.69 Å². The molecule has 170 valence electrons. The largest absolute Gasteiger partial charge is 0.353 e. The second kappa shape index (κ2) is 9.38. The van der Waals surface area contributed by atoms with Crippen LogP contribution in [0.2, 0.25) is 5.02 Å². The average molecular weight is 456 g/mol. The first-order valence-corrected chi connectivity index (χ1v) is 11.0. The number of carbonyl (C=O) groups excluding carboxylic acids is 2. The summed E-state index contributed by atoms with van der Waals surface area (Å²) in [5, 5.41) is 8.14. The molecule has 0 spiro atoms. The minimum absolute atomic E-state index is 0.126. The lowest BCUT2D eigenvalue weighted by Gasteiger charge is -2.38. The number of benzene rings is 1. The Balaban J connectivity index is 0.000000243. The van der Waals surface area contributed by atoms with Crippen molar-refractivity contribution in [1.29, 1.82) is 0 Å². The number of nitrogens with one attached hydrogen (secondary N) is 1. The normalized spacial score (nSPS) is 15.9. The fourth-order valence-corrected chi connectivity index (χ4v) is 3.57. The third kappa shape index (κ3) is 4.84. The number of aldehydes is 1. The number of piperazine rings is 1. The Hall–Kier alpha value is -2.77. The zero-order chi connectivity index (χ0) is 23.6. The number of carbonyl (C=O) groups is 2. The zero-order valence-corrected chi connectivity index (χ0v) is 20.2. The summed E-state index contributed by atoms with van der Waals surface area (Å²) in [6.45, 7) is 11.7. The van der Waals surface area contributed by atoms with Crippen LogP contribution in [-0.4, -0.2) is 57.4 Å². The third-order valence-electron chi connectivity index (χ3n) is 5.91. The van der Waals surface area contributed by atoms with Gasteiger partial charge in [0.15, 0.2) is 11.9 Å². The zero-order valence-electron chi connectivity index (χ0n) is 19.4. The fourth-order valence-electron chi connectivity index (χ4n) is 3.45. The first kappa shape index (κ1) is 23.9. The second-order valence-corrected chi connectivity index (χ2v) is 9.30. The number of aromatic nitrogens is 3. The van der Waals surface area contributed by atoms with E-state index in [1.807, 2.05) is 52.1 Å². The van der Waals surface area contributed by atoms with Gasteiger partial charge in [-0.1, -0.05) is 31.5 Å². The maximum absolute atomic E-state index is 11.2.